The van der Waals surface area contributed by atoms with Gasteiger partial charge in [-0.15, -0.1) is 11.7 Å². The number of azo groups is 1. The summed E-state index contributed by atoms with van der Waals surface area (Å²) in [7, 11) is 0. The van der Waals surface area contributed by atoms with Crippen molar-refractivity contribution >= 4 is 17.3 Å². The first-order valence-corrected chi connectivity index (χ1v) is 6.46. The van der Waals surface area contributed by atoms with Crippen LogP contribution in [0.1, 0.15) is 37.1 Å². The van der Waals surface area contributed by atoms with Crippen LogP contribution in [-0.2, 0) is 0 Å². The van der Waals surface area contributed by atoms with E-state index in [-0.39, 0.29) is 6.17 Å². The fourth-order valence-corrected chi connectivity index (χ4v) is 2.17. The van der Waals surface area contributed by atoms with Crippen LogP contribution in [0.2, 0.25) is 0 Å². The van der Waals surface area contributed by atoms with Gasteiger partial charge in [-0.25, -0.2) is 0 Å². The normalized spacial score (nSPS) is 18.7. The van der Waals surface area contributed by atoms with Crippen molar-refractivity contribution in [1.82, 2.24) is 4.90 Å². The molecule has 0 aromatic heterocycles. The standard InChI is InChI=1S/C14H17N3S/c1-4-9-17-13(15-16-14(17)18)12-7-5-11(6-8-12)10(2)3/h4-8,10,13H,1,9H2,2-3H3. The van der Waals surface area contributed by atoms with Gasteiger partial charge in [0.1, 0.15) is 0 Å². The van der Waals surface area contributed by atoms with E-state index in [4.69, 9.17) is 12.2 Å². The molecule has 0 fully saturated rings. The molecule has 0 radical (unpaired) electrons. The molecule has 1 aromatic rings. The summed E-state index contributed by atoms with van der Waals surface area (Å²) in [6.07, 6.45) is 1.72. The van der Waals surface area contributed by atoms with E-state index in [9.17, 15) is 0 Å². The molecule has 1 aromatic carbocycles. The van der Waals surface area contributed by atoms with Crippen LogP contribution in [0.15, 0.2) is 47.1 Å². The van der Waals surface area contributed by atoms with Gasteiger partial charge in [-0.2, -0.15) is 5.11 Å². The maximum absolute atomic E-state index is 5.17. The summed E-state index contributed by atoms with van der Waals surface area (Å²) in [4.78, 5) is 1.96. The second kappa shape index (κ2) is 5.40. The van der Waals surface area contributed by atoms with Crippen LogP contribution in [0.3, 0.4) is 0 Å². The Bertz CT molecular complexity index is 476. The fraction of sp³-hybridized carbons (Fsp3) is 0.357. The second-order valence-corrected chi connectivity index (χ2v) is 5.00. The topological polar surface area (TPSA) is 28.0 Å². The molecule has 0 N–H and O–H groups in total. The Morgan fingerprint density at radius 1 is 1.39 bits per heavy atom. The number of benzene rings is 1. The third-order valence-corrected chi connectivity index (χ3v) is 3.34. The van der Waals surface area contributed by atoms with Gasteiger partial charge in [0, 0.05) is 6.54 Å². The molecule has 0 saturated heterocycles. The van der Waals surface area contributed by atoms with Crippen molar-refractivity contribution in [3.63, 3.8) is 0 Å². The van der Waals surface area contributed by atoms with E-state index in [1.54, 1.807) is 0 Å². The third-order valence-electron chi connectivity index (χ3n) is 3.02. The summed E-state index contributed by atoms with van der Waals surface area (Å²) in [6.45, 7) is 8.78. The molecule has 0 spiro atoms. The van der Waals surface area contributed by atoms with E-state index >= 15 is 0 Å². The Kier molecular flexibility index (Phi) is 3.87. The first-order valence-electron chi connectivity index (χ1n) is 6.05. The zero-order valence-corrected chi connectivity index (χ0v) is 11.5. The van der Waals surface area contributed by atoms with Gasteiger partial charge in [0.25, 0.3) is 0 Å². The molecular weight excluding hydrogens is 242 g/mol. The quantitative estimate of drug-likeness (QED) is 0.603. The van der Waals surface area contributed by atoms with Crippen LogP contribution in [0.5, 0.6) is 0 Å². The van der Waals surface area contributed by atoms with Crippen molar-refractivity contribution in [2.45, 2.75) is 25.9 Å². The zero-order chi connectivity index (χ0) is 13.1. The van der Waals surface area contributed by atoms with Gasteiger partial charge in [0.2, 0.25) is 5.11 Å². The highest BCUT2D eigenvalue weighted by Crippen LogP contribution is 2.29. The highest BCUT2D eigenvalue weighted by atomic mass is 32.1. The molecule has 1 aliphatic heterocycles. The highest BCUT2D eigenvalue weighted by molar-refractivity contribution is 7.80. The average Bonchev–Trinajstić information content (AvgIpc) is 2.72. The Balaban J connectivity index is 2.22. The minimum atomic E-state index is -0.100. The molecule has 0 saturated carbocycles. The molecule has 0 aliphatic carbocycles. The first-order chi connectivity index (χ1) is 8.63. The maximum atomic E-state index is 5.17. The van der Waals surface area contributed by atoms with Gasteiger partial charge in [-0.1, -0.05) is 44.2 Å². The van der Waals surface area contributed by atoms with Crippen molar-refractivity contribution in [3.05, 3.63) is 48.0 Å². The molecule has 1 atom stereocenters. The largest absolute Gasteiger partial charge is 0.315 e. The van der Waals surface area contributed by atoms with E-state index in [1.165, 1.54) is 5.56 Å². The maximum Gasteiger partial charge on any atom is 0.218 e. The van der Waals surface area contributed by atoms with Gasteiger partial charge in [0.15, 0.2) is 6.17 Å². The third kappa shape index (κ3) is 2.48. The smallest absolute Gasteiger partial charge is 0.218 e. The van der Waals surface area contributed by atoms with Crippen molar-refractivity contribution in [2.24, 2.45) is 10.2 Å². The molecular formula is C14H17N3S. The summed E-state index contributed by atoms with van der Waals surface area (Å²) >= 11 is 5.17. The second-order valence-electron chi connectivity index (χ2n) is 4.63. The highest BCUT2D eigenvalue weighted by Gasteiger charge is 2.26. The lowest BCUT2D eigenvalue weighted by atomic mass is 10.0. The van der Waals surface area contributed by atoms with Gasteiger partial charge in [-0.3, -0.25) is 0 Å². The summed E-state index contributed by atoms with van der Waals surface area (Å²) in [5.41, 5.74) is 2.44. The van der Waals surface area contributed by atoms with Gasteiger partial charge >= 0.3 is 0 Å². The van der Waals surface area contributed by atoms with Crippen molar-refractivity contribution in [1.29, 1.82) is 0 Å². The number of nitrogens with zero attached hydrogens (tertiary/aromatic N) is 3. The predicted octanol–water partition coefficient (Wildman–Crippen LogP) is 4.05. The van der Waals surface area contributed by atoms with Crippen LogP contribution in [0.4, 0.5) is 0 Å². The molecule has 3 nitrogen and oxygen atoms in total. The fourth-order valence-electron chi connectivity index (χ4n) is 1.95. The number of thiocarbonyl (C=S) groups is 1. The number of rotatable bonds is 4. The number of hydrogen-bond donors (Lipinski definition) is 0. The summed E-state index contributed by atoms with van der Waals surface area (Å²) in [6, 6.07) is 8.48. The van der Waals surface area contributed by atoms with Crippen LogP contribution in [0.25, 0.3) is 0 Å². The first kappa shape index (κ1) is 12.9. The van der Waals surface area contributed by atoms with Crippen LogP contribution >= 0.6 is 12.2 Å². The van der Waals surface area contributed by atoms with E-state index in [1.807, 2.05) is 11.0 Å². The Morgan fingerprint density at radius 2 is 2.06 bits per heavy atom. The van der Waals surface area contributed by atoms with E-state index < -0.39 is 0 Å². The Morgan fingerprint density at radius 3 is 2.61 bits per heavy atom. The number of hydrogen-bond acceptors (Lipinski definition) is 2. The molecule has 0 bridgehead atoms. The SMILES string of the molecule is C=CCN1C(=S)N=NC1c1ccc(C(C)C)cc1. The molecule has 2 rings (SSSR count). The van der Waals surface area contributed by atoms with E-state index in [2.05, 4.69) is 54.9 Å². The van der Waals surface area contributed by atoms with Crippen molar-refractivity contribution in [3.8, 4) is 0 Å². The lowest BCUT2D eigenvalue weighted by Gasteiger charge is -2.21. The lowest BCUT2D eigenvalue weighted by molar-refractivity contribution is 0.380. The van der Waals surface area contributed by atoms with Crippen molar-refractivity contribution < 1.29 is 0 Å². The predicted molar refractivity (Wildman–Crippen MR) is 77.6 cm³/mol. The van der Waals surface area contributed by atoms with Gasteiger partial charge in [-0.05, 0) is 29.3 Å². The Hall–Kier alpha value is -1.55. The minimum Gasteiger partial charge on any atom is -0.315 e. The summed E-state index contributed by atoms with van der Waals surface area (Å²) in [5, 5.41) is 8.74. The Labute approximate surface area is 113 Å². The van der Waals surface area contributed by atoms with Crippen LogP contribution in [-0.4, -0.2) is 16.6 Å². The lowest BCUT2D eigenvalue weighted by Crippen LogP contribution is -2.27. The van der Waals surface area contributed by atoms with Gasteiger partial charge < -0.3 is 4.90 Å². The van der Waals surface area contributed by atoms with Crippen molar-refractivity contribution in [2.75, 3.05) is 6.54 Å². The molecule has 1 heterocycles. The molecule has 18 heavy (non-hydrogen) atoms. The molecule has 94 valence electrons. The molecule has 0 amide bonds. The summed E-state index contributed by atoms with van der Waals surface area (Å²) in [5.74, 6) is 0.537. The van der Waals surface area contributed by atoms with Gasteiger partial charge in [0.05, 0.1) is 0 Å². The monoisotopic (exact) mass is 259 g/mol. The summed E-state index contributed by atoms with van der Waals surface area (Å²) < 4.78 is 0. The zero-order valence-electron chi connectivity index (χ0n) is 10.7. The van der Waals surface area contributed by atoms with Crippen LogP contribution in [0, 0.1) is 0 Å². The van der Waals surface area contributed by atoms with E-state index in [0.29, 0.717) is 17.6 Å². The average molecular weight is 259 g/mol. The van der Waals surface area contributed by atoms with Crippen LogP contribution < -0.4 is 0 Å². The molecule has 4 heteroatoms. The van der Waals surface area contributed by atoms with E-state index in [0.717, 1.165) is 5.56 Å². The molecule has 1 aliphatic rings. The minimum absolute atomic E-state index is 0.100. The molecule has 1 unspecified atom stereocenters.